The molecule has 0 aliphatic heterocycles. The predicted octanol–water partition coefficient (Wildman–Crippen LogP) is 5.20. The Morgan fingerprint density at radius 3 is 2.42 bits per heavy atom. The van der Waals surface area contributed by atoms with Gasteiger partial charge in [-0.3, -0.25) is 9.59 Å². The molecule has 6 heteroatoms. The molecule has 2 aromatic rings. The second-order valence-corrected chi connectivity index (χ2v) is 6.43. The van der Waals surface area contributed by atoms with Crippen molar-refractivity contribution in [2.24, 2.45) is 0 Å². The van der Waals surface area contributed by atoms with Crippen LogP contribution in [-0.2, 0) is 14.3 Å². The first-order chi connectivity index (χ1) is 12.4. The fourth-order valence-electron chi connectivity index (χ4n) is 2.60. The van der Waals surface area contributed by atoms with Crippen molar-refractivity contribution in [1.82, 2.24) is 0 Å². The van der Waals surface area contributed by atoms with Gasteiger partial charge >= 0.3 is 5.97 Å². The van der Waals surface area contributed by atoms with Gasteiger partial charge in [0.2, 0.25) is 0 Å². The number of halogens is 2. The number of ether oxygens (including phenoxy) is 1. The summed E-state index contributed by atoms with van der Waals surface area (Å²) in [6.07, 6.45) is 0.729. The zero-order valence-electron chi connectivity index (χ0n) is 14.1. The average molecular weight is 393 g/mol. The van der Waals surface area contributed by atoms with Gasteiger partial charge in [-0.1, -0.05) is 65.7 Å². The summed E-state index contributed by atoms with van der Waals surface area (Å²) in [6.45, 7) is 0. The fraction of sp³-hybridized carbons (Fsp3) is 0.200. The number of carboxylic acid groups (broad SMARTS) is 1. The van der Waals surface area contributed by atoms with Crippen LogP contribution in [0.25, 0.3) is 5.57 Å². The van der Waals surface area contributed by atoms with E-state index in [2.05, 4.69) is 0 Å². The Morgan fingerprint density at radius 2 is 1.81 bits per heavy atom. The van der Waals surface area contributed by atoms with Crippen molar-refractivity contribution in [2.75, 3.05) is 7.11 Å². The fourth-order valence-corrected chi connectivity index (χ4v) is 3.02. The molecule has 0 fully saturated rings. The van der Waals surface area contributed by atoms with Crippen molar-refractivity contribution in [1.29, 1.82) is 0 Å². The number of carbonyl (C=O) groups excluding carboxylic acids is 1. The van der Waals surface area contributed by atoms with Crippen LogP contribution in [-0.4, -0.2) is 24.0 Å². The van der Waals surface area contributed by atoms with E-state index >= 15 is 0 Å². The minimum absolute atomic E-state index is 0.312. The van der Waals surface area contributed by atoms with Crippen LogP contribution in [0.3, 0.4) is 0 Å². The second-order valence-electron chi connectivity index (χ2n) is 5.65. The number of rotatable bonds is 8. The average Bonchev–Trinajstić information content (AvgIpc) is 2.61. The first-order valence-electron chi connectivity index (χ1n) is 7.89. The highest BCUT2D eigenvalue weighted by Gasteiger charge is 2.18. The first-order valence-corrected chi connectivity index (χ1v) is 8.65. The number of carboxylic acids is 1. The maximum absolute atomic E-state index is 12.1. The van der Waals surface area contributed by atoms with Crippen molar-refractivity contribution in [3.8, 4) is 0 Å². The van der Waals surface area contributed by atoms with Gasteiger partial charge in [0, 0.05) is 13.5 Å². The summed E-state index contributed by atoms with van der Waals surface area (Å²) in [4.78, 5) is 22.9. The topological polar surface area (TPSA) is 63.6 Å². The normalized spacial score (nSPS) is 12.7. The summed E-state index contributed by atoms with van der Waals surface area (Å²) in [5.41, 5.74) is 2.08. The maximum atomic E-state index is 12.1. The first kappa shape index (κ1) is 20.2. The predicted molar refractivity (Wildman–Crippen MR) is 103 cm³/mol. The van der Waals surface area contributed by atoms with E-state index in [9.17, 15) is 9.59 Å². The lowest BCUT2D eigenvalue weighted by Gasteiger charge is -2.19. The van der Waals surface area contributed by atoms with E-state index in [-0.39, 0.29) is 6.10 Å². The molecule has 0 saturated heterocycles. The molecule has 0 unspecified atom stereocenters. The van der Waals surface area contributed by atoms with Crippen LogP contribution < -0.4 is 0 Å². The maximum Gasteiger partial charge on any atom is 0.311 e. The number of aliphatic carboxylic acids is 1. The van der Waals surface area contributed by atoms with E-state index in [4.69, 9.17) is 33.0 Å². The largest absolute Gasteiger partial charge is 0.481 e. The SMILES string of the molecule is CO[C@@H](CC(=CC(=O)CC(=O)O)c1cccc(Cl)c1Cl)c1ccccc1. The third-order valence-corrected chi connectivity index (χ3v) is 4.64. The van der Waals surface area contributed by atoms with Crippen LogP contribution >= 0.6 is 23.2 Å². The summed E-state index contributed by atoms with van der Waals surface area (Å²) in [6, 6.07) is 14.6. The molecule has 2 rings (SSSR count). The minimum Gasteiger partial charge on any atom is -0.481 e. The minimum atomic E-state index is -1.19. The third kappa shape index (κ3) is 5.43. The summed E-state index contributed by atoms with van der Waals surface area (Å²) in [5.74, 6) is -1.71. The molecule has 0 amide bonds. The number of hydrogen-bond donors (Lipinski definition) is 1. The third-order valence-electron chi connectivity index (χ3n) is 3.82. The molecule has 26 heavy (non-hydrogen) atoms. The van der Waals surface area contributed by atoms with Crippen LogP contribution in [0.15, 0.2) is 54.6 Å². The molecule has 4 nitrogen and oxygen atoms in total. The molecule has 1 atom stereocenters. The van der Waals surface area contributed by atoms with Gasteiger partial charge in [-0.05, 0) is 28.8 Å². The van der Waals surface area contributed by atoms with E-state index in [1.165, 1.54) is 6.08 Å². The Morgan fingerprint density at radius 1 is 1.12 bits per heavy atom. The van der Waals surface area contributed by atoms with Crippen LogP contribution in [0.5, 0.6) is 0 Å². The van der Waals surface area contributed by atoms with Crippen LogP contribution in [0.1, 0.15) is 30.1 Å². The molecule has 0 aromatic heterocycles. The molecular formula is C20H18Cl2O4. The number of hydrogen-bond acceptors (Lipinski definition) is 3. The van der Waals surface area contributed by atoms with E-state index in [0.717, 1.165) is 5.56 Å². The van der Waals surface area contributed by atoms with Gasteiger partial charge in [0.05, 0.1) is 16.1 Å². The lowest BCUT2D eigenvalue weighted by molar-refractivity contribution is -0.139. The second kappa shape index (κ2) is 9.53. The van der Waals surface area contributed by atoms with E-state index < -0.39 is 18.2 Å². The van der Waals surface area contributed by atoms with Gasteiger partial charge in [-0.25, -0.2) is 0 Å². The number of ketones is 1. The van der Waals surface area contributed by atoms with Gasteiger partial charge < -0.3 is 9.84 Å². The van der Waals surface area contributed by atoms with E-state index in [1.807, 2.05) is 30.3 Å². The highest BCUT2D eigenvalue weighted by Crippen LogP contribution is 2.36. The van der Waals surface area contributed by atoms with Crippen molar-refractivity contribution in [3.05, 3.63) is 75.8 Å². The van der Waals surface area contributed by atoms with Crippen LogP contribution in [0.4, 0.5) is 0 Å². The number of benzene rings is 2. The Kier molecular flexibility index (Phi) is 7.39. The molecule has 136 valence electrons. The summed E-state index contributed by atoms with van der Waals surface area (Å²) in [5, 5.41) is 9.52. The number of methoxy groups -OCH3 is 1. The molecule has 0 saturated carbocycles. The van der Waals surface area contributed by atoms with Crippen molar-refractivity contribution in [3.63, 3.8) is 0 Å². The molecule has 2 aromatic carbocycles. The molecule has 0 radical (unpaired) electrons. The Labute approximate surface area is 162 Å². The summed E-state index contributed by atoms with van der Waals surface area (Å²) < 4.78 is 5.58. The lowest BCUT2D eigenvalue weighted by atomic mass is 9.94. The molecule has 0 heterocycles. The Balaban J connectivity index is 2.43. The zero-order chi connectivity index (χ0) is 19.1. The molecule has 0 aliphatic rings. The van der Waals surface area contributed by atoms with Gasteiger partial charge in [0.25, 0.3) is 0 Å². The van der Waals surface area contributed by atoms with Crippen molar-refractivity contribution in [2.45, 2.75) is 18.9 Å². The molecular weight excluding hydrogens is 375 g/mol. The number of allylic oxidation sites excluding steroid dienone is 1. The van der Waals surface area contributed by atoms with Crippen LogP contribution in [0.2, 0.25) is 10.0 Å². The van der Waals surface area contributed by atoms with Crippen LogP contribution in [0, 0.1) is 0 Å². The lowest BCUT2D eigenvalue weighted by Crippen LogP contribution is -2.07. The molecule has 0 aliphatic carbocycles. The monoisotopic (exact) mass is 392 g/mol. The van der Waals surface area contributed by atoms with Crippen molar-refractivity contribution >= 4 is 40.5 Å². The van der Waals surface area contributed by atoms with Gasteiger partial charge in [0.15, 0.2) is 5.78 Å². The van der Waals surface area contributed by atoms with E-state index in [0.29, 0.717) is 27.6 Å². The van der Waals surface area contributed by atoms with E-state index in [1.54, 1.807) is 25.3 Å². The smallest absolute Gasteiger partial charge is 0.311 e. The Hall–Kier alpha value is -2.14. The molecule has 0 spiro atoms. The summed E-state index contributed by atoms with van der Waals surface area (Å²) >= 11 is 12.4. The molecule has 1 N–H and O–H groups in total. The zero-order valence-corrected chi connectivity index (χ0v) is 15.6. The summed E-state index contributed by atoms with van der Waals surface area (Å²) in [7, 11) is 1.58. The van der Waals surface area contributed by atoms with Gasteiger partial charge in [0.1, 0.15) is 6.42 Å². The Bertz CT molecular complexity index is 816. The quantitative estimate of drug-likeness (QED) is 0.495. The highest BCUT2D eigenvalue weighted by atomic mass is 35.5. The highest BCUT2D eigenvalue weighted by molar-refractivity contribution is 6.43. The van der Waals surface area contributed by atoms with Gasteiger partial charge in [-0.2, -0.15) is 0 Å². The van der Waals surface area contributed by atoms with Crippen molar-refractivity contribution < 1.29 is 19.4 Å². The number of carbonyl (C=O) groups is 2. The standard InChI is InChI=1S/C20H18Cl2O4/c1-26-18(13-6-3-2-4-7-13)11-14(10-15(23)12-19(24)25)16-8-5-9-17(21)20(16)22/h2-10,18H,11-12H2,1H3,(H,24,25)/t18-/m0/s1. The molecule has 0 bridgehead atoms. The van der Waals surface area contributed by atoms with Gasteiger partial charge in [-0.15, -0.1) is 0 Å².